The van der Waals surface area contributed by atoms with Gasteiger partial charge in [-0.25, -0.2) is 0 Å². The van der Waals surface area contributed by atoms with Crippen molar-refractivity contribution in [2.24, 2.45) is 0 Å². The molecule has 3 unspecified atom stereocenters. The second kappa shape index (κ2) is 35.0. The van der Waals surface area contributed by atoms with Crippen LogP contribution in [0.1, 0.15) is 200 Å². The second-order valence-electron chi connectivity index (χ2n) is 16.1. The molecule has 0 aliphatic rings. The number of nitrogens with one attached hydrogen (secondary N) is 1. The first-order valence-electron chi connectivity index (χ1n) is 21.5. The van der Waals surface area contributed by atoms with Gasteiger partial charge in [0.15, 0.2) is 0 Å². The molecule has 51 heavy (non-hydrogen) atoms. The lowest BCUT2D eigenvalue weighted by molar-refractivity contribution is -0.870. The largest absolute Gasteiger partial charge is 0.756 e. The Kier molecular flexibility index (Phi) is 34.5. The highest BCUT2D eigenvalue weighted by molar-refractivity contribution is 7.45. The molecule has 0 aromatic rings. The topological polar surface area (TPSA) is 108 Å². The highest BCUT2D eigenvalue weighted by Crippen LogP contribution is 2.38. The normalized spacial score (nSPS) is 14.6. The molecule has 0 aliphatic carbocycles. The number of likely N-dealkylation sites (N-methyl/N-ethyl adjacent to an activating group) is 1. The van der Waals surface area contributed by atoms with Crippen LogP contribution < -0.4 is 10.2 Å². The number of aliphatic hydroxyl groups excluding tert-OH is 1. The quantitative estimate of drug-likeness (QED) is 0.0281. The highest BCUT2D eigenvalue weighted by atomic mass is 31.2. The van der Waals surface area contributed by atoms with Crippen molar-refractivity contribution in [2.45, 2.75) is 212 Å². The van der Waals surface area contributed by atoms with Crippen molar-refractivity contribution in [2.75, 3.05) is 40.9 Å². The fraction of sp³-hybridized carbons (Fsp3) is 0.929. The van der Waals surface area contributed by atoms with Gasteiger partial charge in [0.25, 0.3) is 7.82 Å². The molecule has 0 rings (SSSR count). The fourth-order valence-corrected chi connectivity index (χ4v) is 6.98. The van der Waals surface area contributed by atoms with Crippen molar-refractivity contribution in [1.82, 2.24) is 5.32 Å². The molecule has 304 valence electrons. The van der Waals surface area contributed by atoms with Gasteiger partial charge in [-0.1, -0.05) is 174 Å². The Labute approximate surface area is 316 Å². The Morgan fingerprint density at radius 1 is 0.667 bits per heavy atom. The first-order chi connectivity index (χ1) is 24.5. The summed E-state index contributed by atoms with van der Waals surface area (Å²) in [6, 6.07) is -0.800. The lowest BCUT2D eigenvalue weighted by Crippen LogP contribution is -2.46. The van der Waals surface area contributed by atoms with E-state index in [1.165, 1.54) is 116 Å². The van der Waals surface area contributed by atoms with Crippen LogP contribution in [0.3, 0.4) is 0 Å². The lowest BCUT2D eigenvalue weighted by atomic mass is 10.0. The molecule has 0 aliphatic heterocycles. The van der Waals surface area contributed by atoms with Crippen molar-refractivity contribution >= 4 is 13.7 Å². The third kappa shape index (κ3) is 37.4. The molecule has 3 atom stereocenters. The Morgan fingerprint density at radius 3 is 1.59 bits per heavy atom. The van der Waals surface area contributed by atoms with Crippen LogP contribution in [-0.2, 0) is 18.4 Å². The summed E-state index contributed by atoms with van der Waals surface area (Å²) in [6.45, 7) is 4.67. The lowest BCUT2D eigenvalue weighted by Gasteiger charge is -2.30. The van der Waals surface area contributed by atoms with Gasteiger partial charge in [-0.3, -0.25) is 9.36 Å². The number of carbonyl (C=O) groups is 1. The first kappa shape index (κ1) is 50.2. The number of amides is 1. The van der Waals surface area contributed by atoms with E-state index in [1.54, 1.807) is 0 Å². The molecule has 0 spiro atoms. The molecule has 0 bridgehead atoms. The zero-order valence-corrected chi connectivity index (χ0v) is 35.2. The summed E-state index contributed by atoms with van der Waals surface area (Å²) in [5.41, 5.74) is 0. The molecule has 0 aromatic heterocycles. The van der Waals surface area contributed by atoms with Gasteiger partial charge in [0, 0.05) is 6.42 Å². The molecule has 0 aromatic carbocycles. The molecule has 2 N–H and O–H groups in total. The number of allylic oxidation sites excluding steroid dienone is 2. The number of carbonyl (C=O) groups excluding carboxylic acids is 1. The van der Waals surface area contributed by atoms with Crippen LogP contribution in [0.25, 0.3) is 0 Å². The standard InChI is InChI=1S/C42H85N2O6P/c1-6-8-10-12-14-16-18-19-20-21-22-23-24-25-26-27-29-31-33-35-41(45)40(39-50-51(47,48)49-38-37-44(3,4)5)43-42(46)36-34-32-30-28-17-15-13-11-9-7-2/h13,15,40-41,45H,6-12,14,16-39H2,1-5H3,(H-,43,46,47,48)/b15-13-. The SMILES string of the molecule is CCCC/C=C\CCCCCCC(=O)NC(COP(=O)([O-])OCC[N+](C)(C)C)C(O)CCCCCCCCCCCCCCCCCCCCC. The van der Waals surface area contributed by atoms with Crippen molar-refractivity contribution in [1.29, 1.82) is 0 Å². The van der Waals surface area contributed by atoms with Crippen LogP contribution in [0.4, 0.5) is 0 Å². The molecule has 9 heteroatoms. The number of nitrogens with zero attached hydrogens (tertiary/aromatic N) is 1. The maximum absolute atomic E-state index is 12.8. The van der Waals surface area contributed by atoms with Crippen LogP contribution in [0.15, 0.2) is 12.2 Å². The maximum Gasteiger partial charge on any atom is 0.268 e. The molecule has 0 radical (unpaired) electrons. The summed E-state index contributed by atoms with van der Waals surface area (Å²) < 4.78 is 23.2. The molecular weight excluding hydrogens is 659 g/mol. The molecule has 0 saturated heterocycles. The maximum atomic E-state index is 12.8. The van der Waals surface area contributed by atoms with E-state index in [1.807, 2.05) is 21.1 Å². The van der Waals surface area contributed by atoms with Crippen molar-refractivity contribution < 1.29 is 32.9 Å². The number of quaternary nitrogens is 1. The Hall–Kier alpha value is -0.760. The van der Waals surface area contributed by atoms with Crippen LogP contribution >= 0.6 is 7.82 Å². The molecule has 0 saturated carbocycles. The van der Waals surface area contributed by atoms with Gasteiger partial charge in [0.1, 0.15) is 13.2 Å². The Bertz CT molecular complexity index is 850. The predicted molar refractivity (Wildman–Crippen MR) is 215 cm³/mol. The minimum Gasteiger partial charge on any atom is -0.756 e. The number of hydrogen-bond donors (Lipinski definition) is 2. The third-order valence-corrected chi connectivity index (χ3v) is 10.7. The van der Waals surface area contributed by atoms with E-state index >= 15 is 0 Å². The zero-order chi connectivity index (χ0) is 37.9. The third-order valence-electron chi connectivity index (χ3n) is 9.75. The second-order valence-corrected chi connectivity index (χ2v) is 17.5. The summed E-state index contributed by atoms with van der Waals surface area (Å²) in [6.07, 6.45) is 37.9. The van der Waals surface area contributed by atoms with Gasteiger partial charge >= 0.3 is 0 Å². The van der Waals surface area contributed by atoms with Crippen molar-refractivity contribution in [3.8, 4) is 0 Å². The number of unbranched alkanes of at least 4 members (excludes halogenated alkanes) is 24. The summed E-state index contributed by atoms with van der Waals surface area (Å²) >= 11 is 0. The number of phosphoric ester groups is 1. The van der Waals surface area contributed by atoms with Gasteiger partial charge < -0.3 is 28.8 Å². The van der Waals surface area contributed by atoms with E-state index in [9.17, 15) is 19.4 Å². The molecular formula is C42H85N2O6P. The fourth-order valence-electron chi connectivity index (χ4n) is 6.26. The molecule has 0 fully saturated rings. The van der Waals surface area contributed by atoms with E-state index in [2.05, 4.69) is 31.3 Å². The number of aliphatic hydroxyl groups is 1. The Balaban J connectivity index is 4.30. The van der Waals surface area contributed by atoms with E-state index in [4.69, 9.17) is 9.05 Å². The highest BCUT2D eigenvalue weighted by Gasteiger charge is 2.24. The van der Waals surface area contributed by atoms with Crippen LogP contribution in [0.2, 0.25) is 0 Å². The summed E-state index contributed by atoms with van der Waals surface area (Å²) in [4.78, 5) is 25.2. The summed E-state index contributed by atoms with van der Waals surface area (Å²) in [7, 11) is 1.30. The van der Waals surface area contributed by atoms with E-state index in [-0.39, 0.29) is 19.1 Å². The monoisotopic (exact) mass is 745 g/mol. The predicted octanol–water partition coefficient (Wildman–Crippen LogP) is 10.9. The van der Waals surface area contributed by atoms with E-state index in [0.717, 1.165) is 57.8 Å². The zero-order valence-electron chi connectivity index (χ0n) is 34.3. The van der Waals surface area contributed by atoms with Crippen molar-refractivity contribution in [3.63, 3.8) is 0 Å². The van der Waals surface area contributed by atoms with E-state index < -0.39 is 20.0 Å². The van der Waals surface area contributed by atoms with E-state index in [0.29, 0.717) is 23.9 Å². The van der Waals surface area contributed by atoms with Crippen molar-refractivity contribution in [3.05, 3.63) is 12.2 Å². The molecule has 1 amide bonds. The number of rotatable bonds is 39. The molecule has 0 heterocycles. The average Bonchev–Trinajstić information content (AvgIpc) is 3.07. The summed E-state index contributed by atoms with van der Waals surface area (Å²) in [5.74, 6) is -0.179. The van der Waals surface area contributed by atoms with Gasteiger partial charge in [-0.2, -0.15) is 0 Å². The van der Waals surface area contributed by atoms with Gasteiger partial charge in [-0.15, -0.1) is 0 Å². The van der Waals surface area contributed by atoms with Crippen LogP contribution in [0.5, 0.6) is 0 Å². The molecule has 8 nitrogen and oxygen atoms in total. The summed E-state index contributed by atoms with van der Waals surface area (Å²) in [5, 5.41) is 13.9. The minimum atomic E-state index is -4.56. The average molecular weight is 745 g/mol. The van der Waals surface area contributed by atoms with Gasteiger partial charge in [-0.05, 0) is 32.1 Å². The Morgan fingerprint density at radius 2 is 1.10 bits per heavy atom. The van der Waals surface area contributed by atoms with Gasteiger partial charge in [0.05, 0.1) is 39.9 Å². The smallest absolute Gasteiger partial charge is 0.268 e. The van der Waals surface area contributed by atoms with Crippen LogP contribution in [0, 0.1) is 0 Å². The first-order valence-corrected chi connectivity index (χ1v) is 23.0. The van der Waals surface area contributed by atoms with Gasteiger partial charge in [0.2, 0.25) is 5.91 Å². The minimum absolute atomic E-state index is 0.0117. The van der Waals surface area contributed by atoms with Crippen LogP contribution in [-0.4, -0.2) is 68.5 Å². The number of hydrogen-bond acceptors (Lipinski definition) is 6. The number of phosphoric acid groups is 1.